The number of rotatable bonds is 8. The fraction of sp³-hybridized carbons (Fsp3) is 0.529. The molecule has 1 aromatic carbocycles. The second-order valence-electron chi connectivity index (χ2n) is 5.51. The van der Waals surface area contributed by atoms with Crippen LogP contribution in [0.5, 0.6) is 0 Å². The molecule has 114 valence electrons. The topological polar surface area (TPSA) is 42.7 Å². The molecule has 0 aliphatic carbocycles. The van der Waals surface area contributed by atoms with Crippen LogP contribution < -0.4 is 5.32 Å². The molecule has 0 aliphatic heterocycles. The summed E-state index contributed by atoms with van der Waals surface area (Å²) in [5.74, 6) is 1.51. The van der Waals surface area contributed by atoms with Gasteiger partial charge in [-0.15, -0.1) is 0 Å². The zero-order valence-corrected chi connectivity index (χ0v) is 13.3. The third kappa shape index (κ3) is 4.39. The molecule has 21 heavy (non-hydrogen) atoms. The zero-order chi connectivity index (χ0) is 15.1. The van der Waals surface area contributed by atoms with Crippen LogP contribution in [0, 0.1) is 6.92 Å². The maximum absolute atomic E-state index is 4.42. The largest absolute Gasteiger partial charge is 0.316 e. The van der Waals surface area contributed by atoms with Crippen molar-refractivity contribution in [2.24, 2.45) is 0 Å². The molecule has 1 heterocycles. The van der Waals surface area contributed by atoms with Gasteiger partial charge in [0.15, 0.2) is 0 Å². The van der Waals surface area contributed by atoms with Crippen LogP contribution in [0.25, 0.3) is 0 Å². The quantitative estimate of drug-likeness (QED) is 0.759. The highest BCUT2D eigenvalue weighted by Crippen LogP contribution is 2.20. The average Bonchev–Trinajstić information content (AvgIpc) is 2.94. The molecule has 4 nitrogen and oxygen atoms in total. The second kappa shape index (κ2) is 7.93. The van der Waals surface area contributed by atoms with E-state index in [2.05, 4.69) is 60.4 Å². The van der Waals surface area contributed by atoms with Gasteiger partial charge in [-0.25, -0.2) is 4.98 Å². The lowest BCUT2D eigenvalue weighted by Crippen LogP contribution is -2.24. The van der Waals surface area contributed by atoms with E-state index in [0.29, 0.717) is 5.92 Å². The Labute approximate surface area is 127 Å². The molecular formula is C17H26N4. The molecule has 0 spiro atoms. The van der Waals surface area contributed by atoms with Crippen LogP contribution in [-0.2, 0) is 13.0 Å². The summed E-state index contributed by atoms with van der Waals surface area (Å²) in [7, 11) is 0. The Hall–Kier alpha value is -1.68. The summed E-state index contributed by atoms with van der Waals surface area (Å²) in [6, 6.07) is 8.85. The van der Waals surface area contributed by atoms with Crippen molar-refractivity contribution >= 4 is 0 Å². The maximum atomic E-state index is 4.42. The first-order valence-electron chi connectivity index (χ1n) is 7.88. The lowest BCUT2D eigenvalue weighted by Gasteiger charge is -2.18. The summed E-state index contributed by atoms with van der Waals surface area (Å²) >= 11 is 0. The van der Waals surface area contributed by atoms with Crippen LogP contribution in [0.1, 0.15) is 43.1 Å². The summed E-state index contributed by atoms with van der Waals surface area (Å²) in [6.07, 6.45) is 3.74. The first kappa shape index (κ1) is 15.7. The highest BCUT2D eigenvalue weighted by molar-refractivity contribution is 5.25. The van der Waals surface area contributed by atoms with Crippen LogP contribution in [-0.4, -0.2) is 27.9 Å². The first-order chi connectivity index (χ1) is 10.2. The van der Waals surface area contributed by atoms with Crippen molar-refractivity contribution in [2.45, 2.75) is 46.1 Å². The summed E-state index contributed by atoms with van der Waals surface area (Å²) in [4.78, 5) is 4.42. The van der Waals surface area contributed by atoms with Crippen molar-refractivity contribution in [1.29, 1.82) is 0 Å². The predicted octanol–water partition coefficient (Wildman–Crippen LogP) is 2.93. The van der Waals surface area contributed by atoms with Crippen LogP contribution >= 0.6 is 0 Å². The minimum absolute atomic E-state index is 0.437. The summed E-state index contributed by atoms with van der Waals surface area (Å²) in [5, 5.41) is 7.82. The lowest BCUT2D eigenvalue weighted by molar-refractivity contribution is 0.536. The van der Waals surface area contributed by atoms with E-state index in [0.717, 1.165) is 38.3 Å². The van der Waals surface area contributed by atoms with Crippen molar-refractivity contribution < 1.29 is 0 Å². The molecule has 0 saturated heterocycles. The van der Waals surface area contributed by atoms with E-state index >= 15 is 0 Å². The Morgan fingerprint density at radius 2 is 1.95 bits per heavy atom. The Kier molecular flexibility index (Phi) is 5.93. The van der Waals surface area contributed by atoms with E-state index < -0.39 is 0 Å². The first-order valence-corrected chi connectivity index (χ1v) is 7.88. The number of nitrogens with one attached hydrogen (secondary N) is 1. The third-order valence-electron chi connectivity index (χ3n) is 3.79. The minimum Gasteiger partial charge on any atom is -0.316 e. The van der Waals surface area contributed by atoms with Crippen molar-refractivity contribution in [2.75, 3.05) is 13.1 Å². The van der Waals surface area contributed by atoms with Gasteiger partial charge in [0, 0.05) is 25.4 Å². The lowest BCUT2D eigenvalue weighted by atomic mass is 9.94. The highest BCUT2D eigenvalue weighted by Gasteiger charge is 2.15. The van der Waals surface area contributed by atoms with Crippen molar-refractivity contribution in [3.05, 3.63) is 47.5 Å². The van der Waals surface area contributed by atoms with E-state index in [9.17, 15) is 0 Å². The molecule has 0 aliphatic rings. The molecule has 0 amide bonds. The van der Waals surface area contributed by atoms with E-state index in [1.807, 2.05) is 4.68 Å². The second-order valence-corrected chi connectivity index (χ2v) is 5.51. The van der Waals surface area contributed by atoms with Crippen molar-refractivity contribution in [1.82, 2.24) is 20.1 Å². The van der Waals surface area contributed by atoms with E-state index in [4.69, 9.17) is 0 Å². The van der Waals surface area contributed by atoms with Crippen LogP contribution in [0.4, 0.5) is 0 Å². The molecule has 0 saturated carbocycles. The van der Waals surface area contributed by atoms with Crippen LogP contribution in [0.2, 0.25) is 0 Å². The Morgan fingerprint density at radius 3 is 2.62 bits per heavy atom. The van der Waals surface area contributed by atoms with Gasteiger partial charge < -0.3 is 5.32 Å². The molecule has 1 unspecified atom stereocenters. The Morgan fingerprint density at radius 1 is 1.19 bits per heavy atom. The van der Waals surface area contributed by atoms with Gasteiger partial charge in [-0.1, -0.05) is 36.8 Å². The molecule has 4 heteroatoms. The molecule has 1 aromatic heterocycles. The van der Waals surface area contributed by atoms with Gasteiger partial charge in [0.1, 0.15) is 12.2 Å². The van der Waals surface area contributed by atoms with E-state index in [1.54, 1.807) is 6.33 Å². The number of nitrogens with zero attached hydrogens (tertiary/aromatic N) is 3. The molecule has 0 radical (unpaired) electrons. The summed E-state index contributed by atoms with van der Waals surface area (Å²) in [5.41, 5.74) is 2.67. The van der Waals surface area contributed by atoms with Crippen LogP contribution in [0.3, 0.4) is 0 Å². The number of aromatic nitrogens is 3. The summed E-state index contributed by atoms with van der Waals surface area (Å²) < 4.78 is 1.99. The minimum atomic E-state index is 0.437. The zero-order valence-electron chi connectivity index (χ0n) is 13.3. The van der Waals surface area contributed by atoms with E-state index in [1.165, 1.54) is 11.1 Å². The number of hydrogen-bond donors (Lipinski definition) is 1. The van der Waals surface area contributed by atoms with E-state index in [-0.39, 0.29) is 0 Å². The van der Waals surface area contributed by atoms with Crippen LogP contribution in [0.15, 0.2) is 30.6 Å². The standard InChI is InChI=1S/C17H26N4/c1-4-10-18-12-16(15-8-6-14(3)7-9-15)11-17-19-13-20-21(17)5-2/h6-9,13,16,18H,4-5,10-12H2,1-3H3. The normalized spacial score (nSPS) is 12.5. The highest BCUT2D eigenvalue weighted by atomic mass is 15.3. The molecule has 1 atom stereocenters. The predicted molar refractivity (Wildman–Crippen MR) is 86.5 cm³/mol. The molecule has 2 rings (SSSR count). The average molecular weight is 286 g/mol. The van der Waals surface area contributed by atoms with Gasteiger partial charge in [-0.05, 0) is 32.4 Å². The molecular weight excluding hydrogens is 260 g/mol. The van der Waals surface area contributed by atoms with Gasteiger partial charge in [-0.3, -0.25) is 4.68 Å². The van der Waals surface area contributed by atoms with Gasteiger partial charge in [0.25, 0.3) is 0 Å². The van der Waals surface area contributed by atoms with Crippen molar-refractivity contribution in [3.63, 3.8) is 0 Å². The van der Waals surface area contributed by atoms with Gasteiger partial charge >= 0.3 is 0 Å². The smallest absolute Gasteiger partial charge is 0.138 e. The monoisotopic (exact) mass is 286 g/mol. The van der Waals surface area contributed by atoms with Crippen molar-refractivity contribution in [3.8, 4) is 0 Å². The maximum Gasteiger partial charge on any atom is 0.138 e. The SMILES string of the molecule is CCCNCC(Cc1ncnn1CC)c1ccc(C)cc1. The molecule has 2 aromatic rings. The van der Waals surface area contributed by atoms with Gasteiger partial charge in [0.2, 0.25) is 0 Å². The van der Waals surface area contributed by atoms with Gasteiger partial charge in [0.05, 0.1) is 0 Å². The van der Waals surface area contributed by atoms with Gasteiger partial charge in [-0.2, -0.15) is 5.10 Å². The fourth-order valence-corrected chi connectivity index (χ4v) is 2.53. The Balaban J connectivity index is 2.13. The molecule has 0 bridgehead atoms. The fourth-order valence-electron chi connectivity index (χ4n) is 2.53. The third-order valence-corrected chi connectivity index (χ3v) is 3.79. The molecule has 1 N–H and O–H groups in total. The Bertz CT molecular complexity index is 530. The number of aryl methyl sites for hydroxylation is 2. The number of hydrogen-bond acceptors (Lipinski definition) is 3. The summed E-state index contributed by atoms with van der Waals surface area (Å²) in [6.45, 7) is 9.34. The molecule has 0 fully saturated rings. The number of benzene rings is 1.